The van der Waals surface area contributed by atoms with Crippen molar-refractivity contribution in [3.8, 4) is 0 Å². The van der Waals surface area contributed by atoms with Crippen molar-refractivity contribution in [1.29, 1.82) is 0 Å². The van der Waals surface area contributed by atoms with E-state index in [1.54, 1.807) is 6.33 Å². The zero-order chi connectivity index (χ0) is 11.8. The Morgan fingerprint density at radius 2 is 2.47 bits per heavy atom. The quantitative estimate of drug-likeness (QED) is 0.774. The molecule has 2 N–H and O–H groups in total. The molecule has 0 saturated carbocycles. The summed E-state index contributed by atoms with van der Waals surface area (Å²) in [6.45, 7) is 1.43. The number of fused-ring (bicyclic) bond motifs is 1. The second-order valence-corrected chi connectivity index (χ2v) is 3.78. The van der Waals surface area contributed by atoms with Crippen molar-refractivity contribution >= 4 is 5.97 Å². The van der Waals surface area contributed by atoms with Crippen LogP contribution >= 0.6 is 0 Å². The van der Waals surface area contributed by atoms with Gasteiger partial charge in [0.05, 0.1) is 18.1 Å². The highest BCUT2D eigenvalue weighted by atomic mass is 16.4. The molecule has 2 aromatic heterocycles. The van der Waals surface area contributed by atoms with E-state index in [9.17, 15) is 4.79 Å². The maximum Gasteiger partial charge on any atom is 0.356 e. The van der Waals surface area contributed by atoms with Crippen LogP contribution in [0.1, 0.15) is 27.9 Å². The highest BCUT2D eigenvalue weighted by Gasteiger charge is 2.30. The Hall–Kier alpha value is -2.15. The average Bonchev–Trinajstić information content (AvgIpc) is 2.97. The molecular weight excluding hydrogens is 224 g/mol. The van der Waals surface area contributed by atoms with Crippen LogP contribution in [0.3, 0.4) is 0 Å². The van der Waals surface area contributed by atoms with Gasteiger partial charge in [-0.25, -0.2) is 14.8 Å². The van der Waals surface area contributed by atoms with E-state index in [1.165, 1.54) is 12.7 Å². The number of carbonyl (C=O) groups is 1. The molecule has 0 saturated heterocycles. The van der Waals surface area contributed by atoms with Crippen LogP contribution < -0.4 is 5.32 Å². The lowest BCUT2D eigenvalue weighted by atomic mass is 10.1. The van der Waals surface area contributed by atoms with Crippen molar-refractivity contribution in [2.45, 2.75) is 12.6 Å². The molecule has 1 aliphatic heterocycles. The summed E-state index contributed by atoms with van der Waals surface area (Å²) >= 11 is 0. The summed E-state index contributed by atoms with van der Waals surface area (Å²) in [4.78, 5) is 19.1. The van der Waals surface area contributed by atoms with Crippen molar-refractivity contribution in [3.05, 3.63) is 36.1 Å². The number of imidazole rings is 1. The summed E-state index contributed by atoms with van der Waals surface area (Å²) < 4.78 is 6.76. The molecule has 17 heavy (non-hydrogen) atoms. The number of carboxylic acid groups (broad SMARTS) is 1. The number of hydrogen-bond donors (Lipinski definition) is 2. The molecule has 1 aliphatic rings. The highest BCUT2D eigenvalue weighted by Crippen LogP contribution is 2.26. The number of oxazole rings is 1. The molecule has 0 aromatic carbocycles. The first-order chi connectivity index (χ1) is 8.27. The Labute approximate surface area is 96.1 Å². The van der Waals surface area contributed by atoms with Crippen LogP contribution in [0, 0.1) is 0 Å². The van der Waals surface area contributed by atoms with Crippen LogP contribution in [-0.4, -0.2) is 32.2 Å². The fourth-order valence-corrected chi connectivity index (χ4v) is 2.07. The molecule has 1 unspecified atom stereocenters. The Kier molecular flexibility index (Phi) is 2.19. The van der Waals surface area contributed by atoms with Gasteiger partial charge in [-0.3, -0.25) is 0 Å². The monoisotopic (exact) mass is 234 g/mol. The molecule has 0 bridgehead atoms. The smallest absolute Gasteiger partial charge is 0.356 e. The molecule has 3 rings (SSSR count). The Balaban J connectivity index is 2.12. The molecule has 0 amide bonds. The van der Waals surface area contributed by atoms with Gasteiger partial charge >= 0.3 is 5.97 Å². The Bertz CT molecular complexity index is 546. The van der Waals surface area contributed by atoms with Crippen LogP contribution in [0.5, 0.6) is 0 Å². The molecular formula is C10H10N4O3. The van der Waals surface area contributed by atoms with E-state index in [-0.39, 0.29) is 11.7 Å². The summed E-state index contributed by atoms with van der Waals surface area (Å²) in [6, 6.07) is -0.281. The summed E-state index contributed by atoms with van der Waals surface area (Å²) in [6.07, 6.45) is 4.38. The molecule has 7 heteroatoms. The van der Waals surface area contributed by atoms with Crippen molar-refractivity contribution < 1.29 is 14.3 Å². The Morgan fingerprint density at radius 3 is 3.18 bits per heavy atom. The summed E-state index contributed by atoms with van der Waals surface area (Å²) in [5.41, 5.74) is 1.34. The third-order valence-electron chi connectivity index (χ3n) is 2.80. The molecule has 3 heterocycles. The molecule has 88 valence electrons. The molecule has 1 atom stereocenters. The predicted octanol–water partition coefficient (Wildman–Crippen LogP) is 0.262. The third kappa shape index (κ3) is 1.51. The van der Waals surface area contributed by atoms with E-state index in [1.807, 2.05) is 4.57 Å². The zero-order valence-corrected chi connectivity index (χ0v) is 8.83. The molecule has 2 aromatic rings. The van der Waals surface area contributed by atoms with E-state index in [0.29, 0.717) is 17.9 Å². The minimum atomic E-state index is -1.03. The van der Waals surface area contributed by atoms with Crippen LogP contribution in [0.4, 0.5) is 0 Å². The van der Waals surface area contributed by atoms with Crippen LogP contribution in [0.25, 0.3) is 0 Å². The molecule has 7 nitrogen and oxygen atoms in total. The van der Waals surface area contributed by atoms with Gasteiger partial charge in [0, 0.05) is 13.1 Å². The van der Waals surface area contributed by atoms with Crippen molar-refractivity contribution in [2.24, 2.45) is 0 Å². The SMILES string of the molecule is O=C(O)c1ncn2c1C(c1cocn1)NCC2. The number of nitrogens with zero attached hydrogens (tertiary/aromatic N) is 3. The normalized spacial score (nSPS) is 18.9. The first kappa shape index (κ1) is 10.0. The van der Waals surface area contributed by atoms with Gasteiger partial charge in [0.1, 0.15) is 12.0 Å². The Morgan fingerprint density at radius 1 is 1.59 bits per heavy atom. The number of aromatic nitrogens is 3. The van der Waals surface area contributed by atoms with Crippen molar-refractivity contribution in [1.82, 2.24) is 19.9 Å². The zero-order valence-electron chi connectivity index (χ0n) is 8.83. The van der Waals surface area contributed by atoms with Crippen LogP contribution in [-0.2, 0) is 6.54 Å². The van der Waals surface area contributed by atoms with Crippen LogP contribution in [0.2, 0.25) is 0 Å². The summed E-state index contributed by atoms with van der Waals surface area (Å²) in [7, 11) is 0. The van der Waals surface area contributed by atoms with E-state index >= 15 is 0 Å². The van der Waals surface area contributed by atoms with Gasteiger partial charge in [-0.1, -0.05) is 0 Å². The first-order valence-corrected chi connectivity index (χ1v) is 5.17. The lowest BCUT2D eigenvalue weighted by Gasteiger charge is -2.24. The minimum Gasteiger partial charge on any atom is -0.476 e. The second kappa shape index (κ2) is 3.70. The third-order valence-corrected chi connectivity index (χ3v) is 2.80. The van der Waals surface area contributed by atoms with Crippen molar-refractivity contribution in [2.75, 3.05) is 6.54 Å². The number of aromatic carboxylic acids is 1. The highest BCUT2D eigenvalue weighted by molar-refractivity contribution is 5.87. The average molecular weight is 234 g/mol. The topological polar surface area (TPSA) is 93.2 Å². The van der Waals surface area contributed by atoms with Gasteiger partial charge < -0.3 is 19.4 Å². The number of nitrogens with one attached hydrogen (secondary N) is 1. The van der Waals surface area contributed by atoms with E-state index in [0.717, 1.165) is 6.54 Å². The number of rotatable bonds is 2. The number of carboxylic acids is 1. The largest absolute Gasteiger partial charge is 0.476 e. The maximum absolute atomic E-state index is 11.1. The molecule has 0 aliphatic carbocycles. The van der Waals surface area contributed by atoms with Gasteiger partial charge in [-0.15, -0.1) is 0 Å². The molecule has 0 spiro atoms. The summed E-state index contributed by atoms with van der Waals surface area (Å²) in [5.74, 6) is -1.03. The van der Waals surface area contributed by atoms with Gasteiger partial charge in [0.2, 0.25) is 0 Å². The summed E-state index contributed by atoms with van der Waals surface area (Å²) in [5, 5.41) is 12.3. The molecule has 0 fully saturated rings. The van der Waals surface area contributed by atoms with E-state index in [2.05, 4.69) is 15.3 Å². The van der Waals surface area contributed by atoms with E-state index < -0.39 is 5.97 Å². The van der Waals surface area contributed by atoms with Crippen LogP contribution in [0.15, 0.2) is 23.4 Å². The fraction of sp³-hybridized carbons (Fsp3) is 0.300. The second-order valence-electron chi connectivity index (χ2n) is 3.78. The predicted molar refractivity (Wildman–Crippen MR) is 55.5 cm³/mol. The van der Waals surface area contributed by atoms with E-state index in [4.69, 9.17) is 9.52 Å². The van der Waals surface area contributed by atoms with Gasteiger partial charge in [-0.05, 0) is 0 Å². The van der Waals surface area contributed by atoms with Gasteiger partial charge in [-0.2, -0.15) is 0 Å². The molecule has 0 radical (unpaired) electrons. The van der Waals surface area contributed by atoms with Crippen molar-refractivity contribution in [3.63, 3.8) is 0 Å². The maximum atomic E-state index is 11.1. The first-order valence-electron chi connectivity index (χ1n) is 5.17. The minimum absolute atomic E-state index is 0.0604. The number of hydrogen-bond acceptors (Lipinski definition) is 5. The van der Waals surface area contributed by atoms with Gasteiger partial charge in [0.25, 0.3) is 0 Å². The van der Waals surface area contributed by atoms with Gasteiger partial charge in [0.15, 0.2) is 12.1 Å². The standard InChI is InChI=1S/C10H10N4O3/c15-10(16)8-9-7(6-3-17-5-13-6)11-1-2-14(9)4-12-8/h3-5,7,11H,1-2H2,(H,15,16). The fourth-order valence-electron chi connectivity index (χ4n) is 2.07. The lowest BCUT2D eigenvalue weighted by Crippen LogP contribution is -2.34. The lowest BCUT2D eigenvalue weighted by molar-refractivity contribution is 0.0688.